The number of ketones is 2. The predicted molar refractivity (Wildman–Crippen MR) is 124 cm³/mol. The molecule has 0 aliphatic carbocycles. The monoisotopic (exact) mass is 424 g/mol. The summed E-state index contributed by atoms with van der Waals surface area (Å²) in [6.45, 7) is 7.76. The van der Waals surface area contributed by atoms with E-state index in [2.05, 4.69) is 0 Å². The smallest absolute Gasteiger partial charge is 0.529 e. The summed E-state index contributed by atoms with van der Waals surface area (Å²) in [5.41, 5.74) is 13.6. The van der Waals surface area contributed by atoms with Crippen LogP contribution in [0.5, 0.6) is 11.5 Å². The molecule has 0 heterocycles. The molecule has 2 rings (SSSR count). The van der Waals surface area contributed by atoms with Gasteiger partial charge in [-0.2, -0.15) is 0 Å². The van der Waals surface area contributed by atoms with Crippen LogP contribution in [0.4, 0.5) is 0 Å². The Balaban J connectivity index is 1.79. The van der Waals surface area contributed by atoms with Crippen molar-refractivity contribution >= 4 is 19.3 Å². The van der Waals surface area contributed by atoms with Gasteiger partial charge in [-0.25, -0.2) is 0 Å². The largest absolute Gasteiger partial charge is 0.576 e. The number of hydrogen-bond acceptors (Lipinski definition) is 6. The quantitative estimate of drug-likeness (QED) is 0.508. The average Bonchev–Trinajstić information content (AvgIpc) is 2.74. The van der Waals surface area contributed by atoms with Gasteiger partial charge in [0.2, 0.25) is 0 Å². The van der Waals surface area contributed by atoms with E-state index in [4.69, 9.17) is 20.8 Å². The van der Waals surface area contributed by atoms with Gasteiger partial charge in [0.05, 0.1) is 12.1 Å². The molecule has 31 heavy (non-hydrogen) atoms. The summed E-state index contributed by atoms with van der Waals surface area (Å²) < 4.78 is 11.2. The van der Waals surface area contributed by atoms with Gasteiger partial charge in [0.25, 0.3) is 0 Å². The Kier molecular flexibility index (Phi) is 9.28. The Bertz CT molecular complexity index is 779. The molecule has 0 aliphatic heterocycles. The van der Waals surface area contributed by atoms with Crippen molar-refractivity contribution in [3.63, 3.8) is 0 Å². The van der Waals surface area contributed by atoms with Crippen LogP contribution in [0.1, 0.15) is 38.8 Å². The third-order valence-corrected chi connectivity index (χ3v) is 5.23. The fourth-order valence-corrected chi connectivity index (χ4v) is 2.95. The van der Waals surface area contributed by atoms with Gasteiger partial charge in [-0.05, 0) is 47.2 Å². The molecule has 0 aromatic heterocycles. The molecule has 0 amide bonds. The highest BCUT2D eigenvalue weighted by Gasteiger charge is 2.18. The molecule has 0 radical (unpaired) electrons. The van der Waals surface area contributed by atoms with Crippen molar-refractivity contribution in [1.82, 2.24) is 0 Å². The van der Waals surface area contributed by atoms with Crippen LogP contribution in [-0.4, -0.2) is 31.3 Å². The molecule has 0 saturated heterocycles. The van der Waals surface area contributed by atoms with Gasteiger partial charge < -0.3 is 20.8 Å². The van der Waals surface area contributed by atoms with E-state index in [0.717, 1.165) is 11.1 Å². The first-order chi connectivity index (χ1) is 14.7. The molecule has 2 atom stereocenters. The molecule has 0 unspecified atom stereocenters. The second-order valence-corrected chi connectivity index (χ2v) is 8.52. The summed E-state index contributed by atoms with van der Waals surface area (Å²) in [6.07, 6.45) is 0.625. The number of carbonyl (C=O) groups is 2. The molecular weight excluding hydrogens is 391 g/mol. The zero-order valence-electron chi connectivity index (χ0n) is 18.8. The van der Waals surface area contributed by atoms with Crippen LogP contribution >= 0.6 is 0 Å². The molecule has 0 spiro atoms. The van der Waals surface area contributed by atoms with Crippen LogP contribution < -0.4 is 20.8 Å². The fraction of sp³-hybridized carbons (Fsp3) is 0.417. The first kappa shape index (κ1) is 24.6. The van der Waals surface area contributed by atoms with Crippen molar-refractivity contribution in [2.45, 2.75) is 52.6 Å². The fourth-order valence-electron chi connectivity index (χ4n) is 2.95. The number of benzene rings is 2. The summed E-state index contributed by atoms with van der Waals surface area (Å²) in [6, 6.07) is 13.8. The molecule has 2 aromatic rings. The van der Waals surface area contributed by atoms with Crippen LogP contribution in [-0.2, 0) is 22.4 Å². The summed E-state index contributed by atoms with van der Waals surface area (Å²) in [4.78, 5) is 24.2. The van der Waals surface area contributed by atoms with Gasteiger partial charge in [0, 0.05) is 12.8 Å². The Morgan fingerprint density at radius 1 is 0.710 bits per heavy atom. The number of nitrogens with two attached hydrogens (primary N) is 2. The molecule has 0 fully saturated rings. The van der Waals surface area contributed by atoms with Crippen molar-refractivity contribution in [2.24, 2.45) is 23.3 Å². The molecule has 4 N–H and O–H groups in total. The normalized spacial score (nSPS) is 13.0. The number of Topliss-reactive ketones (excluding diaryl/α,β-unsaturated/α-hetero) is 2. The van der Waals surface area contributed by atoms with Crippen LogP contribution in [0.3, 0.4) is 0 Å². The Labute approximate surface area is 185 Å². The molecule has 6 nitrogen and oxygen atoms in total. The van der Waals surface area contributed by atoms with Gasteiger partial charge >= 0.3 is 7.69 Å². The van der Waals surface area contributed by atoms with E-state index < -0.39 is 12.1 Å². The molecule has 2 aromatic carbocycles. The van der Waals surface area contributed by atoms with Crippen molar-refractivity contribution in [1.29, 1.82) is 0 Å². The van der Waals surface area contributed by atoms with Crippen molar-refractivity contribution in [2.75, 3.05) is 0 Å². The lowest BCUT2D eigenvalue weighted by Gasteiger charge is -2.14. The van der Waals surface area contributed by atoms with Gasteiger partial charge in [-0.3, -0.25) is 9.59 Å². The molecule has 0 aliphatic rings. The third-order valence-electron chi connectivity index (χ3n) is 5.23. The second kappa shape index (κ2) is 11.7. The van der Waals surface area contributed by atoms with Crippen molar-refractivity contribution < 1.29 is 18.9 Å². The molecule has 7 heteroatoms. The predicted octanol–water partition coefficient (Wildman–Crippen LogP) is 2.60. The molecule has 166 valence electrons. The van der Waals surface area contributed by atoms with Crippen molar-refractivity contribution in [3.8, 4) is 11.5 Å². The van der Waals surface area contributed by atoms with Crippen LogP contribution in [0.25, 0.3) is 0 Å². The highest BCUT2D eigenvalue weighted by Crippen LogP contribution is 2.16. The number of rotatable bonds is 12. The second-order valence-electron chi connectivity index (χ2n) is 8.52. The summed E-state index contributed by atoms with van der Waals surface area (Å²) in [7, 11) is 0.0486. The first-order valence-electron chi connectivity index (χ1n) is 10.7. The van der Waals surface area contributed by atoms with E-state index in [-0.39, 0.29) is 31.1 Å². The van der Waals surface area contributed by atoms with E-state index in [0.29, 0.717) is 24.3 Å². The minimum atomic E-state index is -0.444. The van der Waals surface area contributed by atoms with Gasteiger partial charge in [-0.15, -0.1) is 0 Å². The Morgan fingerprint density at radius 2 is 1.03 bits per heavy atom. The minimum absolute atomic E-state index is 0.0309. The van der Waals surface area contributed by atoms with Crippen molar-refractivity contribution in [3.05, 3.63) is 59.7 Å². The standard InChI is InChI=1S/C24H33BN2O4/c1-15(2)23(26)21(28)13-17-5-9-19(10-6-17)30-25-31-20-11-7-18(8-12-20)14-22(29)24(27)16(3)4/h5-12,15-16,23-25H,13-14,26-27H2,1-4H3/t23-,24-/m0/s1. The van der Waals surface area contributed by atoms with E-state index in [1.165, 1.54) is 0 Å². The summed E-state index contributed by atoms with van der Waals surface area (Å²) in [5.74, 6) is 1.61. The zero-order valence-corrected chi connectivity index (χ0v) is 18.8. The van der Waals surface area contributed by atoms with Gasteiger partial charge in [-0.1, -0.05) is 52.0 Å². The van der Waals surface area contributed by atoms with E-state index >= 15 is 0 Å². The Morgan fingerprint density at radius 3 is 1.32 bits per heavy atom. The number of carbonyl (C=O) groups excluding carboxylic acids is 2. The highest BCUT2D eigenvalue weighted by atomic mass is 16.6. The highest BCUT2D eigenvalue weighted by molar-refractivity contribution is 6.20. The van der Waals surface area contributed by atoms with Gasteiger partial charge in [0.1, 0.15) is 11.5 Å². The van der Waals surface area contributed by atoms with E-state index in [1.807, 2.05) is 52.0 Å². The summed E-state index contributed by atoms with van der Waals surface area (Å²) in [5, 5.41) is 0. The third kappa shape index (κ3) is 7.85. The maximum absolute atomic E-state index is 12.1. The SMILES string of the molecule is CC(C)[C@H](N)C(=O)Cc1ccc(OBOc2ccc(CC(=O)[C@@H](N)C(C)C)cc2)cc1. The molecule has 0 bridgehead atoms. The van der Waals surface area contributed by atoms with Gasteiger partial charge in [0.15, 0.2) is 11.6 Å². The lowest BCUT2D eigenvalue weighted by molar-refractivity contribution is -0.121. The average molecular weight is 424 g/mol. The zero-order chi connectivity index (χ0) is 23.0. The lowest BCUT2D eigenvalue weighted by atomic mass is 9.96. The molecule has 0 saturated carbocycles. The van der Waals surface area contributed by atoms with Crippen LogP contribution in [0.15, 0.2) is 48.5 Å². The number of hydrogen-bond donors (Lipinski definition) is 2. The van der Waals surface area contributed by atoms with E-state index in [9.17, 15) is 9.59 Å². The first-order valence-corrected chi connectivity index (χ1v) is 10.7. The van der Waals surface area contributed by atoms with Crippen LogP contribution in [0.2, 0.25) is 0 Å². The van der Waals surface area contributed by atoms with Crippen LogP contribution in [0, 0.1) is 11.8 Å². The summed E-state index contributed by atoms with van der Waals surface area (Å²) >= 11 is 0. The maximum Gasteiger partial charge on any atom is 0.576 e. The Hall–Kier alpha value is -2.64. The lowest BCUT2D eigenvalue weighted by Crippen LogP contribution is -2.36. The molecular formula is C24H33BN2O4. The maximum atomic E-state index is 12.1. The minimum Gasteiger partial charge on any atom is -0.529 e. The van der Waals surface area contributed by atoms with E-state index in [1.54, 1.807) is 24.3 Å². The topological polar surface area (TPSA) is 105 Å².